The van der Waals surface area contributed by atoms with Gasteiger partial charge in [-0.25, -0.2) is 4.98 Å². The number of azo groups is 1. The Hall–Kier alpha value is -2.08. The maximum Gasteiger partial charge on any atom is 1.00 e. The van der Waals surface area contributed by atoms with Gasteiger partial charge in [-0.05, 0) is 12.1 Å². The molecule has 2 aromatic carbocycles. The number of benzene rings is 2. The van der Waals surface area contributed by atoms with Crippen molar-refractivity contribution in [1.29, 1.82) is 0 Å². The van der Waals surface area contributed by atoms with Crippen LogP contribution >= 0.6 is 0 Å². The molecule has 3 rings (SSSR count). The van der Waals surface area contributed by atoms with Crippen molar-refractivity contribution in [1.82, 2.24) is 4.98 Å². The fraction of sp³-hybridized carbons (Fsp3) is 0.167. The van der Waals surface area contributed by atoms with E-state index in [4.69, 9.17) is 15.2 Å². The van der Waals surface area contributed by atoms with E-state index in [1.807, 2.05) is 0 Å². The third-order valence-electron chi connectivity index (χ3n) is 3.84. The number of nitrogens with zero attached hydrogens (tertiary/aromatic N) is 3. The van der Waals surface area contributed by atoms with E-state index >= 15 is 0 Å². The molecule has 0 atom stereocenters. The first-order valence-corrected chi connectivity index (χ1v) is 9.62. The summed E-state index contributed by atoms with van der Waals surface area (Å²) in [4.78, 5) is 3.81. The van der Waals surface area contributed by atoms with Crippen molar-refractivity contribution in [3.63, 3.8) is 0 Å². The Balaban J connectivity index is 0.00000225. The van der Waals surface area contributed by atoms with Crippen LogP contribution in [0.4, 0.5) is 17.1 Å². The first-order chi connectivity index (χ1) is 13.4. The molecule has 0 saturated carbocycles. The summed E-state index contributed by atoms with van der Waals surface area (Å²) in [6, 6.07) is 11.0. The number of nitrogen functional groups attached to an aromatic ring is 1. The maximum atomic E-state index is 11.7. The molecule has 1 heterocycles. The summed E-state index contributed by atoms with van der Waals surface area (Å²) >= 11 is 0. The smallest absolute Gasteiger partial charge is 1.00 e. The minimum absolute atomic E-state index is 0. The van der Waals surface area contributed by atoms with Crippen molar-refractivity contribution in [2.24, 2.45) is 10.2 Å². The Kier molecular flexibility index (Phi) is 8.08. The third-order valence-corrected chi connectivity index (χ3v) is 4.73. The van der Waals surface area contributed by atoms with Gasteiger partial charge in [-0.3, -0.25) is 4.55 Å². The minimum Gasteiger partial charge on any atom is -1.00 e. The summed E-state index contributed by atoms with van der Waals surface area (Å²) in [6.07, 6.45) is 1.45. The summed E-state index contributed by atoms with van der Waals surface area (Å²) in [6.45, 7) is 0.816. The number of aromatic nitrogens is 1. The fourth-order valence-corrected chi connectivity index (χ4v) is 3.22. The van der Waals surface area contributed by atoms with Crippen LogP contribution in [0.1, 0.15) is 1.43 Å². The summed E-state index contributed by atoms with van der Waals surface area (Å²) in [5.74, 6) is 0.412. The van der Waals surface area contributed by atoms with E-state index in [0.29, 0.717) is 35.6 Å². The number of fused-ring (bicyclic) bond motifs is 1. The van der Waals surface area contributed by atoms with Crippen LogP contribution in [-0.2, 0) is 14.9 Å². The third kappa shape index (κ3) is 5.72. The minimum atomic E-state index is -4.46. The molecule has 0 saturated heterocycles. The zero-order valence-corrected chi connectivity index (χ0v) is 18.8. The van der Waals surface area contributed by atoms with E-state index in [2.05, 4.69) is 15.2 Å². The van der Waals surface area contributed by atoms with Crippen molar-refractivity contribution >= 4 is 38.0 Å². The molecule has 9 nitrogen and oxygen atoms in total. The molecular weight excluding hydrogens is 407 g/mol. The van der Waals surface area contributed by atoms with Gasteiger partial charge in [0, 0.05) is 23.9 Å². The molecule has 3 N–H and O–H groups in total. The number of pyridine rings is 1. The Morgan fingerprint density at radius 3 is 2.48 bits per heavy atom. The second-order valence-corrected chi connectivity index (χ2v) is 7.11. The average Bonchev–Trinajstić information content (AvgIpc) is 2.68. The zero-order chi connectivity index (χ0) is 20.1. The SMILES string of the molecule is COCCOc1ccc(N=Nc2cc(S(=O)(=O)O)c3ccccc3c2N)cn1.[H-].[Na+]. The van der Waals surface area contributed by atoms with E-state index in [-0.39, 0.29) is 47.3 Å². The van der Waals surface area contributed by atoms with Crippen molar-refractivity contribution < 1.29 is 53.4 Å². The molecule has 0 aliphatic rings. The number of anilines is 1. The predicted octanol–water partition coefficient (Wildman–Crippen LogP) is 0.621. The molecule has 148 valence electrons. The van der Waals surface area contributed by atoms with Crippen LogP contribution < -0.4 is 40.0 Å². The Morgan fingerprint density at radius 2 is 1.86 bits per heavy atom. The Labute approximate surface area is 191 Å². The first-order valence-electron chi connectivity index (χ1n) is 8.18. The quantitative estimate of drug-likeness (QED) is 0.186. The molecule has 0 bridgehead atoms. The van der Waals surface area contributed by atoms with Crippen LogP contribution in [0, 0.1) is 0 Å². The van der Waals surface area contributed by atoms with Gasteiger partial charge in [-0.2, -0.15) is 8.42 Å². The number of ether oxygens (including phenoxy) is 2. The summed E-state index contributed by atoms with van der Waals surface area (Å²) in [7, 11) is -2.89. The molecule has 0 radical (unpaired) electrons. The van der Waals surface area contributed by atoms with Gasteiger partial charge in [0.2, 0.25) is 5.88 Å². The van der Waals surface area contributed by atoms with Crippen LogP contribution in [0.3, 0.4) is 0 Å². The summed E-state index contributed by atoms with van der Waals surface area (Å²) in [5, 5.41) is 8.82. The molecule has 0 aliphatic carbocycles. The number of hydrogen-bond acceptors (Lipinski definition) is 8. The van der Waals surface area contributed by atoms with Crippen LogP contribution in [0.15, 0.2) is 63.8 Å². The standard InChI is InChI=1S/C18H18N4O5S.Na.H/c1-26-8-9-27-17-7-6-12(11-20-17)21-22-15-10-16(28(23,24)25)13-4-2-3-5-14(13)18(15)19;;/h2-7,10-11H,8-9,19H2,1H3,(H,23,24,25);;/q;+1;-1. The largest absolute Gasteiger partial charge is 1.00 e. The number of methoxy groups -OCH3 is 1. The van der Waals surface area contributed by atoms with Crippen LogP contribution in [0.25, 0.3) is 10.8 Å². The fourth-order valence-electron chi connectivity index (χ4n) is 2.50. The van der Waals surface area contributed by atoms with Crippen LogP contribution in [-0.4, -0.2) is 38.3 Å². The molecule has 1 aromatic heterocycles. The molecule has 29 heavy (non-hydrogen) atoms. The van der Waals surface area contributed by atoms with Gasteiger partial charge in [-0.1, -0.05) is 24.3 Å². The topological polar surface area (TPSA) is 136 Å². The zero-order valence-electron chi connectivity index (χ0n) is 16.9. The average molecular weight is 426 g/mol. The number of hydrogen-bond donors (Lipinski definition) is 2. The van der Waals surface area contributed by atoms with E-state index in [1.165, 1.54) is 12.3 Å². The number of rotatable bonds is 7. The van der Waals surface area contributed by atoms with Crippen molar-refractivity contribution in [3.8, 4) is 5.88 Å². The number of nitrogens with two attached hydrogens (primary N) is 1. The van der Waals surface area contributed by atoms with Crippen LogP contribution in [0.2, 0.25) is 0 Å². The van der Waals surface area contributed by atoms with Crippen molar-refractivity contribution in [2.45, 2.75) is 4.90 Å². The van der Waals surface area contributed by atoms with Gasteiger partial charge in [0.1, 0.15) is 22.9 Å². The van der Waals surface area contributed by atoms with Crippen molar-refractivity contribution in [2.75, 3.05) is 26.1 Å². The molecule has 3 aromatic rings. The molecule has 0 aliphatic heterocycles. The molecule has 11 heteroatoms. The van der Waals surface area contributed by atoms with Crippen molar-refractivity contribution in [3.05, 3.63) is 48.7 Å². The second-order valence-electron chi connectivity index (χ2n) is 5.72. The van der Waals surface area contributed by atoms with Gasteiger partial charge in [0.25, 0.3) is 10.1 Å². The monoisotopic (exact) mass is 426 g/mol. The molecule has 0 amide bonds. The summed E-state index contributed by atoms with van der Waals surface area (Å²) in [5.41, 5.74) is 6.89. The molecule has 0 unspecified atom stereocenters. The Morgan fingerprint density at radius 1 is 1.14 bits per heavy atom. The molecule has 0 fully saturated rings. The van der Waals surface area contributed by atoms with Crippen LogP contribution in [0.5, 0.6) is 5.88 Å². The Bertz CT molecular complexity index is 1130. The van der Waals surface area contributed by atoms with E-state index in [9.17, 15) is 13.0 Å². The van der Waals surface area contributed by atoms with Gasteiger partial charge in [0.05, 0.1) is 18.5 Å². The van der Waals surface area contributed by atoms with Gasteiger partial charge in [-0.15, -0.1) is 10.2 Å². The van der Waals surface area contributed by atoms with E-state index in [1.54, 1.807) is 43.5 Å². The van der Waals surface area contributed by atoms with Gasteiger partial charge < -0.3 is 16.6 Å². The van der Waals surface area contributed by atoms with E-state index in [0.717, 1.165) is 0 Å². The first kappa shape index (κ1) is 23.2. The maximum absolute atomic E-state index is 11.7. The predicted molar refractivity (Wildman–Crippen MR) is 105 cm³/mol. The van der Waals surface area contributed by atoms with Gasteiger partial charge >= 0.3 is 29.6 Å². The summed E-state index contributed by atoms with van der Waals surface area (Å²) < 4.78 is 43.3. The van der Waals surface area contributed by atoms with Gasteiger partial charge in [0.15, 0.2) is 0 Å². The normalized spacial score (nSPS) is 11.5. The molecular formula is C18H19N4NaO5S. The van der Waals surface area contributed by atoms with E-state index < -0.39 is 10.1 Å². The second kappa shape index (κ2) is 10.1. The molecule has 0 spiro atoms.